The van der Waals surface area contributed by atoms with Gasteiger partial charge in [0.1, 0.15) is 5.82 Å². The highest BCUT2D eigenvalue weighted by molar-refractivity contribution is 6.31. The van der Waals surface area contributed by atoms with Crippen LogP contribution < -0.4 is 5.32 Å². The summed E-state index contributed by atoms with van der Waals surface area (Å²) in [5, 5.41) is 3.99. The number of halogens is 2. The Morgan fingerprint density at radius 1 is 1.38 bits per heavy atom. The Kier molecular flexibility index (Phi) is 4.16. The van der Waals surface area contributed by atoms with Crippen molar-refractivity contribution in [3.63, 3.8) is 0 Å². The van der Waals surface area contributed by atoms with Gasteiger partial charge in [0.05, 0.1) is 0 Å². The number of hydrogen-bond acceptors (Lipinski definition) is 2. The summed E-state index contributed by atoms with van der Waals surface area (Å²) >= 11 is 5.98. The highest BCUT2D eigenvalue weighted by Crippen LogP contribution is 2.17. The molecule has 1 fully saturated rings. The SMILES string of the molecule is Fc1ccc(Cl)c(CNC2CCOCC2)c1. The van der Waals surface area contributed by atoms with Crippen molar-refractivity contribution < 1.29 is 9.13 Å². The molecular formula is C12H15ClFNO. The van der Waals surface area contributed by atoms with Crippen molar-refractivity contribution in [2.75, 3.05) is 13.2 Å². The zero-order valence-electron chi connectivity index (χ0n) is 9.01. The first-order valence-corrected chi connectivity index (χ1v) is 5.88. The predicted octanol–water partition coefficient (Wildman–Crippen LogP) is 2.75. The summed E-state index contributed by atoms with van der Waals surface area (Å²) in [4.78, 5) is 0. The van der Waals surface area contributed by atoms with Crippen molar-refractivity contribution in [3.05, 3.63) is 34.6 Å². The summed E-state index contributed by atoms with van der Waals surface area (Å²) in [7, 11) is 0. The van der Waals surface area contributed by atoms with Crippen LogP contribution in [0.1, 0.15) is 18.4 Å². The molecule has 1 N–H and O–H groups in total. The molecule has 0 radical (unpaired) electrons. The second kappa shape index (κ2) is 5.62. The first kappa shape index (κ1) is 11.8. The van der Waals surface area contributed by atoms with E-state index in [0.29, 0.717) is 17.6 Å². The van der Waals surface area contributed by atoms with Gasteiger partial charge in [-0.15, -0.1) is 0 Å². The number of ether oxygens (including phenoxy) is 1. The van der Waals surface area contributed by atoms with Gasteiger partial charge in [-0.25, -0.2) is 4.39 Å². The highest BCUT2D eigenvalue weighted by Gasteiger charge is 2.13. The molecule has 1 aliphatic heterocycles. The molecule has 1 aromatic carbocycles. The van der Waals surface area contributed by atoms with E-state index in [9.17, 15) is 4.39 Å². The van der Waals surface area contributed by atoms with E-state index in [4.69, 9.17) is 16.3 Å². The minimum atomic E-state index is -0.242. The van der Waals surface area contributed by atoms with E-state index >= 15 is 0 Å². The molecule has 0 saturated carbocycles. The van der Waals surface area contributed by atoms with Crippen LogP contribution in [0.4, 0.5) is 4.39 Å². The number of nitrogens with one attached hydrogen (secondary N) is 1. The van der Waals surface area contributed by atoms with E-state index < -0.39 is 0 Å². The normalized spacial score (nSPS) is 17.6. The topological polar surface area (TPSA) is 21.3 Å². The molecule has 16 heavy (non-hydrogen) atoms. The third-order valence-electron chi connectivity index (χ3n) is 2.81. The number of benzene rings is 1. The maximum atomic E-state index is 13.0. The average molecular weight is 244 g/mol. The molecule has 1 aliphatic rings. The lowest BCUT2D eigenvalue weighted by Crippen LogP contribution is -2.34. The smallest absolute Gasteiger partial charge is 0.123 e. The molecule has 0 atom stereocenters. The fraction of sp³-hybridized carbons (Fsp3) is 0.500. The van der Waals surface area contributed by atoms with Gasteiger partial charge in [0, 0.05) is 30.8 Å². The molecule has 0 aromatic heterocycles. The second-order valence-electron chi connectivity index (χ2n) is 4.00. The Labute approximate surface area is 99.7 Å². The molecule has 0 spiro atoms. The van der Waals surface area contributed by atoms with Crippen LogP contribution in [0.5, 0.6) is 0 Å². The lowest BCUT2D eigenvalue weighted by Gasteiger charge is -2.23. The highest BCUT2D eigenvalue weighted by atomic mass is 35.5. The van der Waals surface area contributed by atoms with Gasteiger partial charge in [-0.1, -0.05) is 11.6 Å². The lowest BCUT2D eigenvalue weighted by atomic mass is 10.1. The van der Waals surface area contributed by atoms with Gasteiger partial charge < -0.3 is 10.1 Å². The van der Waals surface area contributed by atoms with Crippen LogP contribution in [-0.2, 0) is 11.3 Å². The molecule has 0 aliphatic carbocycles. The van der Waals surface area contributed by atoms with Gasteiger partial charge in [0.2, 0.25) is 0 Å². The molecule has 1 aromatic rings. The Balaban J connectivity index is 1.90. The van der Waals surface area contributed by atoms with Crippen LogP contribution in [0.2, 0.25) is 5.02 Å². The van der Waals surface area contributed by atoms with E-state index in [-0.39, 0.29) is 5.82 Å². The summed E-state index contributed by atoms with van der Waals surface area (Å²) < 4.78 is 18.3. The summed E-state index contributed by atoms with van der Waals surface area (Å²) in [5.41, 5.74) is 0.813. The maximum Gasteiger partial charge on any atom is 0.123 e. The maximum absolute atomic E-state index is 13.0. The summed E-state index contributed by atoms with van der Waals surface area (Å²) in [6.45, 7) is 2.21. The zero-order valence-corrected chi connectivity index (χ0v) is 9.77. The van der Waals surface area contributed by atoms with Crippen LogP contribution in [0.3, 0.4) is 0 Å². The van der Waals surface area contributed by atoms with Crippen molar-refractivity contribution in [2.24, 2.45) is 0 Å². The van der Waals surface area contributed by atoms with Crippen LogP contribution in [0.15, 0.2) is 18.2 Å². The molecule has 0 amide bonds. The van der Waals surface area contributed by atoms with E-state index in [2.05, 4.69) is 5.32 Å². The molecular weight excluding hydrogens is 229 g/mol. The van der Waals surface area contributed by atoms with E-state index in [1.807, 2.05) is 0 Å². The Bertz CT molecular complexity index is 353. The molecule has 2 rings (SSSR count). The summed E-state index contributed by atoms with van der Waals surface area (Å²) in [6.07, 6.45) is 2.01. The standard InChI is InChI=1S/C12H15ClFNO/c13-12-2-1-10(14)7-9(12)8-15-11-3-5-16-6-4-11/h1-2,7,11,15H,3-6,8H2. The quantitative estimate of drug-likeness (QED) is 0.882. The van der Waals surface area contributed by atoms with Gasteiger partial charge in [-0.2, -0.15) is 0 Å². The molecule has 4 heteroatoms. The van der Waals surface area contributed by atoms with E-state index in [0.717, 1.165) is 31.6 Å². The summed E-state index contributed by atoms with van der Waals surface area (Å²) in [5.74, 6) is -0.242. The lowest BCUT2D eigenvalue weighted by molar-refractivity contribution is 0.0776. The van der Waals surface area contributed by atoms with Gasteiger partial charge in [-0.3, -0.25) is 0 Å². The average Bonchev–Trinajstić information content (AvgIpc) is 2.32. The van der Waals surface area contributed by atoms with Crippen molar-refractivity contribution in [2.45, 2.75) is 25.4 Å². The van der Waals surface area contributed by atoms with Crippen molar-refractivity contribution >= 4 is 11.6 Å². The predicted molar refractivity (Wildman–Crippen MR) is 62.1 cm³/mol. The van der Waals surface area contributed by atoms with Crippen LogP contribution >= 0.6 is 11.6 Å². The molecule has 88 valence electrons. The minimum Gasteiger partial charge on any atom is -0.381 e. The fourth-order valence-corrected chi connectivity index (χ4v) is 2.02. The van der Waals surface area contributed by atoms with Crippen molar-refractivity contribution in [1.82, 2.24) is 5.32 Å². The Morgan fingerprint density at radius 2 is 2.12 bits per heavy atom. The van der Waals surface area contributed by atoms with Crippen LogP contribution in [0, 0.1) is 5.82 Å². The van der Waals surface area contributed by atoms with Gasteiger partial charge in [-0.05, 0) is 36.6 Å². The molecule has 0 bridgehead atoms. The number of hydrogen-bond donors (Lipinski definition) is 1. The largest absolute Gasteiger partial charge is 0.381 e. The zero-order chi connectivity index (χ0) is 11.4. The summed E-state index contributed by atoms with van der Waals surface area (Å²) in [6, 6.07) is 4.90. The van der Waals surface area contributed by atoms with Gasteiger partial charge in [0.25, 0.3) is 0 Å². The minimum absolute atomic E-state index is 0.242. The van der Waals surface area contributed by atoms with E-state index in [1.54, 1.807) is 6.07 Å². The first-order valence-electron chi connectivity index (χ1n) is 5.51. The van der Waals surface area contributed by atoms with Gasteiger partial charge in [0.15, 0.2) is 0 Å². The van der Waals surface area contributed by atoms with Crippen LogP contribution in [-0.4, -0.2) is 19.3 Å². The first-order chi connectivity index (χ1) is 7.75. The van der Waals surface area contributed by atoms with Crippen LogP contribution in [0.25, 0.3) is 0 Å². The monoisotopic (exact) mass is 243 g/mol. The Hall–Kier alpha value is -0.640. The molecule has 1 saturated heterocycles. The van der Waals surface area contributed by atoms with Crippen molar-refractivity contribution in [3.8, 4) is 0 Å². The Morgan fingerprint density at radius 3 is 2.88 bits per heavy atom. The fourth-order valence-electron chi connectivity index (χ4n) is 1.83. The third kappa shape index (κ3) is 3.17. The van der Waals surface area contributed by atoms with Crippen molar-refractivity contribution in [1.29, 1.82) is 0 Å². The molecule has 2 nitrogen and oxygen atoms in total. The second-order valence-corrected chi connectivity index (χ2v) is 4.41. The van der Waals surface area contributed by atoms with Gasteiger partial charge >= 0.3 is 0 Å². The third-order valence-corrected chi connectivity index (χ3v) is 3.18. The molecule has 1 heterocycles. The van der Waals surface area contributed by atoms with E-state index in [1.165, 1.54) is 12.1 Å². The molecule has 0 unspecified atom stereocenters. The number of rotatable bonds is 3.